The molecule has 2 rings (SSSR count). The van der Waals surface area contributed by atoms with E-state index in [-0.39, 0.29) is 0 Å². The van der Waals surface area contributed by atoms with Gasteiger partial charge in [-0.3, -0.25) is 0 Å². The van der Waals surface area contributed by atoms with Gasteiger partial charge in [-0.15, -0.1) is 0 Å². The molecule has 0 bridgehead atoms. The highest BCUT2D eigenvalue weighted by atomic mass is 35.5. The van der Waals surface area contributed by atoms with E-state index in [9.17, 15) is 0 Å². The third-order valence-corrected chi connectivity index (χ3v) is 3.31. The molecule has 1 aromatic rings. The summed E-state index contributed by atoms with van der Waals surface area (Å²) in [7, 11) is 0. The molecule has 4 nitrogen and oxygen atoms in total. The number of rotatable bonds is 3. The van der Waals surface area contributed by atoms with E-state index in [1.165, 1.54) is 19.3 Å². The Morgan fingerprint density at radius 2 is 2.38 bits per heavy atom. The van der Waals surface area contributed by atoms with Gasteiger partial charge in [-0.25, -0.2) is 9.97 Å². The average Bonchev–Trinajstić information content (AvgIpc) is 2.31. The summed E-state index contributed by atoms with van der Waals surface area (Å²) in [5, 5.41) is 0.631. The Hall–Kier alpha value is -0.870. The largest absolute Gasteiger partial charge is 0.352 e. The highest BCUT2D eigenvalue weighted by Crippen LogP contribution is 2.29. The van der Waals surface area contributed by atoms with Crippen molar-refractivity contribution in [3.8, 4) is 0 Å². The van der Waals surface area contributed by atoms with Crippen LogP contribution in [0.3, 0.4) is 0 Å². The first-order chi connectivity index (χ1) is 7.83. The highest BCUT2D eigenvalue weighted by molar-refractivity contribution is 6.32. The summed E-state index contributed by atoms with van der Waals surface area (Å²) in [5.74, 6) is 0.856. The molecule has 1 aliphatic rings. The van der Waals surface area contributed by atoms with Crippen LogP contribution in [-0.4, -0.2) is 29.1 Å². The van der Waals surface area contributed by atoms with Crippen molar-refractivity contribution in [2.24, 2.45) is 5.73 Å². The van der Waals surface area contributed by atoms with E-state index in [4.69, 9.17) is 17.3 Å². The Labute approximate surface area is 101 Å². The molecule has 5 heteroatoms. The Balaban J connectivity index is 2.19. The van der Waals surface area contributed by atoms with Gasteiger partial charge in [0.05, 0.1) is 6.20 Å². The van der Waals surface area contributed by atoms with E-state index in [0.29, 0.717) is 17.6 Å². The highest BCUT2D eigenvalue weighted by Gasteiger charge is 2.24. The van der Waals surface area contributed by atoms with Crippen molar-refractivity contribution in [1.82, 2.24) is 9.97 Å². The van der Waals surface area contributed by atoms with Crippen LogP contribution >= 0.6 is 11.6 Å². The van der Waals surface area contributed by atoms with E-state index in [1.807, 2.05) is 0 Å². The number of nitrogens with two attached hydrogens (primary N) is 1. The molecular weight excluding hydrogens is 224 g/mol. The van der Waals surface area contributed by atoms with E-state index in [1.54, 1.807) is 12.5 Å². The number of halogens is 1. The molecule has 16 heavy (non-hydrogen) atoms. The molecule has 88 valence electrons. The molecule has 1 saturated heterocycles. The molecule has 1 aromatic heterocycles. The average molecular weight is 241 g/mol. The monoisotopic (exact) mass is 240 g/mol. The maximum absolute atomic E-state index is 6.13. The van der Waals surface area contributed by atoms with Crippen molar-refractivity contribution in [2.45, 2.75) is 31.7 Å². The van der Waals surface area contributed by atoms with Crippen molar-refractivity contribution in [2.75, 3.05) is 18.0 Å². The zero-order chi connectivity index (χ0) is 11.4. The fraction of sp³-hybridized carbons (Fsp3) is 0.636. The number of hydrogen-bond donors (Lipinski definition) is 1. The lowest BCUT2D eigenvalue weighted by atomic mass is 9.99. The molecule has 1 atom stereocenters. The van der Waals surface area contributed by atoms with E-state index in [0.717, 1.165) is 18.8 Å². The van der Waals surface area contributed by atoms with Gasteiger partial charge >= 0.3 is 0 Å². The second-order valence-corrected chi connectivity index (χ2v) is 4.52. The van der Waals surface area contributed by atoms with Crippen molar-refractivity contribution in [3.05, 3.63) is 17.5 Å². The molecule has 1 fully saturated rings. The summed E-state index contributed by atoms with van der Waals surface area (Å²) in [4.78, 5) is 10.5. The van der Waals surface area contributed by atoms with Crippen LogP contribution in [0.1, 0.15) is 25.7 Å². The minimum atomic E-state index is 0.478. The molecule has 1 aliphatic heterocycles. The molecule has 0 saturated carbocycles. The van der Waals surface area contributed by atoms with E-state index in [2.05, 4.69) is 14.9 Å². The van der Waals surface area contributed by atoms with Crippen LogP contribution in [0, 0.1) is 0 Å². The van der Waals surface area contributed by atoms with Gasteiger partial charge in [-0.05, 0) is 32.2 Å². The van der Waals surface area contributed by atoms with Gasteiger partial charge in [0.25, 0.3) is 0 Å². The lowest BCUT2D eigenvalue weighted by Crippen LogP contribution is -2.41. The molecule has 0 amide bonds. The SMILES string of the molecule is NCCC1CCCCN1c1ncncc1Cl. The van der Waals surface area contributed by atoms with Crippen LogP contribution in [0.15, 0.2) is 12.5 Å². The molecule has 2 N–H and O–H groups in total. The maximum atomic E-state index is 6.13. The predicted octanol–water partition coefficient (Wildman–Crippen LogP) is 1.84. The van der Waals surface area contributed by atoms with Gasteiger partial charge in [0.15, 0.2) is 5.82 Å². The Morgan fingerprint density at radius 3 is 3.12 bits per heavy atom. The fourth-order valence-electron chi connectivity index (χ4n) is 2.29. The van der Waals surface area contributed by atoms with Crippen LogP contribution in [0.4, 0.5) is 5.82 Å². The number of piperidine rings is 1. The summed E-state index contributed by atoms with van der Waals surface area (Å²) in [6, 6.07) is 0.478. The fourth-order valence-corrected chi connectivity index (χ4v) is 2.50. The lowest BCUT2D eigenvalue weighted by Gasteiger charge is -2.36. The number of hydrogen-bond acceptors (Lipinski definition) is 4. The topological polar surface area (TPSA) is 55.0 Å². The molecule has 1 unspecified atom stereocenters. The zero-order valence-corrected chi connectivity index (χ0v) is 10.0. The third-order valence-electron chi connectivity index (χ3n) is 3.05. The molecule has 0 spiro atoms. The first-order valence-electron chi connectivity index (χ1n) is 5.75. The van der Waals surface area contributed by atoms with Gasteiger partial charge < -0.3 is 10.6 Å². The first-order valence-corrected chi connectivity index (χ1v) is 6.13. The molecule has 0 radical (unpaired) electrons. The predicted molar refractivity (Wildman–Crippen MR) is 65.7 cm³/mol. The number of aromatic nitrogens is 2. The normalized spacial score (nSPS) is 21.1. The zero-order valence-electron chi connectivity index (χ0n) is 9.27. The number of nitrogens with zero attached hydrogens (tertiary/aromatic N) is 3. The van der Waals surface area contributed by atoms with Gasteiger partial charge in [-0.1, -0.05) is 11.6 Å². The Morgan fingerprint density at radius 1 is 1.50 bits per heavy atom. The summed E-state index contributed by atoms with van der Waals surface area (Å²) in [6.45, 7) is 1.73. The minimum Gasteiger partial charge on any atom is -0.352 e. The smallest absolute Gasteiger partial charge is 0.151 e. The van der Waals surface area contributed by atoms with Crippen molar-refractivity contribution in [3.63, 3.8) is 0 Å². The standard InChI is InChI=1S/C11H17ClN4/c12-10-7-14-8-15-11(10)16-6-2-1-3-9(16)4-5-13/h7-9H,1-6,13H2. The number of anilines is 1. The van der Waals surface area contributed by atoms with Crippen molar-refractivity contribution in [1.29, 1.82) is 0 Å². The molecule has 2 heterocycles. The third kappa shape index (κ3) is 2.44. The summed E-state index contributed by atoms with van der Waals surface area (Å²) >= 11 is 6.13. The quantitative estimate of drug-likeness (QED) is 0.876. The molecule has 0 aliphatic carbocycles. The van der Waals surface area contributed by atoms with E-state index >= 15 is 0 Å². The van der Waals surface area contributed by atoms with Gasteiger partial charge in [0, 0.05) is 12.6 Å². The summed E-state index contributed by atoms with van der Waals surface area (Å²) < 4.78 is 0. The maximum Gasteiger partial charge on any atom is 0.151 e. The molecule has 0 aromatic carbocycles. The van der Waals surface area contributed by atoms with E-state index < -0.39 is 0 Å². The minimum absolute atomic E-state index is 0.478. The second kappa shape index (κ2) is 5.46. The van der Waals surface area contributed by atoms with Gasteiger partial charge in [-0.2, -0.15) is 0 Å². The Bertz CT molecular complexity index is 343. The van der Waals surface area contributed by atoms with Crippen molar-refractivity contribution >= 4 is 17.4 Å². The van der Waals surface area contributed by atoms with Crippen LogP contribution < -0.4 is 10.6 Å². The van der Waals surface area contributed by atoms with Crippen molar-refractivity contribution < 1.29 is 0 Å². The second-order valence-electron chi connectivity index (χ2n) is 4.11. The molecular formula is C11H17ClN4. The van der Waals surface area contributed by atoms with Crippen LogP contribution in [0.2, 0.25) is 5.02 Å². The van der Waals surface area contributed by atoms with Crippen LogP contribution in [0.5, 0.6) is 0 Å². The first kappa shape index (κ1) is 11.6. The summed E-state index contributed by atoms with van der Waals surface area (Å²) in [6.07, 6.45) is 7.84. The van der Waals surface area contributed by atoms with Gasteiger partial charge in [0.2, 0.25) is 0 Å². The summed E-state index contributed by atoms with van der Waals surface area (Å²) in [5.41, 5.74) is 5.65. The van der Waals surface area contributed by atoms with Gasteiger partial charge in [0.1, 0.15) is 11.3 Å². The Kier molecular flexibility index (Phi) is 3.96. The lowest BCUT2D eigenvalue weighted by molar-refractivity contribution is 0.438. The van der Waals surface area contributed by atoms with Crippen LogP contribution in [0.25, 0.3) is 0 Å². The van der Waals surface area contributed by atoms with Crippen LogP contribution in [-0.2, 0) is 0 Å².